The van der Waals surface area contributed by atoms with Crippen LogP contribution in [0.2, 0.25) is 0 Å². The Labute approximate surface area is 124 Å². The van der Waals surface area contributed by atoms with Gasteiger partial charge in [-0.25, -0.2) is 17.8 Å². The van der Waals surface area contributed by atoms with Crippen molar-refractivity contribution in [2.45, 2.75) is 25.4 Å². The van der Waals surface area contributed by atoms with Crippen LogP contribution in [-0.4, -0.2) is 23.4 Å². The third-order valence-corrected chi connectivity index (χ3v) is 6.09. The molecule has 0 bridgehead atoms. The van der Waals surface area contributed by atoms with E-state index in [1.165, 1.54) is 22.2 Å². The van der Waals surface area contributed by atoms with Crippen molar-refractivity contribution < 1.29 is 8.42 Å². The molecule has 2 heterocycles. The molecule has 0 radical (unpaired) electrons. The van der Waals surface area contributed by atoms with Crippen LogP contribution in [0, 0.1) is 13.8 Å². The summed E-state index contributed by atoms with van der Waals surface area (Å²) in [6.07, 6.45) is 0. The van der Waals surface area contributed by atoms with E-state index in [4.69, 9.17) is 0 Å². The van der Waals surface area contributed by atoms with Crippen molar-refractivity contribution in [1.82, 2.24) is 19.7 Å². The Morgan fingerprint density at radius 1 is 1.47 bits per heavy atom. The second-order valence-electron chi connectivity index (χ2n) is 4.09. The molecular weight excluding hydrogens is 352 g/mol. The summed E-state index contributed by atoms with van der Waals surface area (Å²) in [5.74, 6) is 0. The summed E-state index contributed by atoms with van der Waals surface area (Å²) in [7, 11) is -2.10. The highest BCUT2D eigenvalue weighted by Gasteiger charge is 2.23. The Hall–Kier alpha value is -0.770. The second kappa shape index (κ2) is 5.31. The number of aryl methyl sites for hydroxylation is 3. The summed E-state index contributed by atoms with van der Waals surface area (Å²) in [6.45, 7) is 4.28. The zero-order valence-corrected chi connectivity index (χ0v) is 13.9. The first-order valence-electron chi connectivity index (χ1n) is 5.42. The van der Waals surface area contributed by atoms with E-state index in [1.807, 2.05) is 19.9 Å². The van der Waals surface area contributed by atoms with E-state index in [0.717, 1.165) is 4.88 Å². The fraction of sp³-hybridized carbons (Fsp3) is 0.400. The van der Waals surface area contributed by atoms with Crippen molar-refractivity contribution in [3.63, 3.8) is 0 Å². The van der Waals surface area contributed by atoms with Gasteiger partial charge in [0, 0.05) is 23.3 Å². The molecule has 9 heteroatoms. The first-order chi connectivity index (χ1) is 8.81. The Morgan fingerprint density at radius 3 is 2.63 bits per heavy atom. The highest BCUT2D eigenvalue weighted by Crippen LogP contribution is 2.22. The van der Waals surface area contributed by atoms with E-state index in [9.17, 15) is 8.42 Å². The number of nitrogens with zero attached hydrogens (tertiary/aromatic N) is 3. The zero-order valence-electron chi connectivity index (χ0n) is 10.6. The summed E-state index contributed by atoms with van der Waals surface area (Å²) in [5, 5.41) is 7.35. The number of aromatic nitrogens is 3. The Morgan fingerprint density at radius 2 is 2.16 bits per heavy atom. The Bertz CT molecular complexity index is 666. The van der Waals surface area contributed by atoms with E-state index in [2.05, 4.69) is 31.0 Å². The van der Waals surface area contributed by atoms with Gasteiger partial charge in [-0.2, -0.15) is 0 Å². The van der Waals surface area contributed by atoms with Gasteiger partial charge in [0.05, 0.1) is 0 Å². The molecule has 0 amide bonds. The standard InChI is InChI=1S/C10H13BrN4O2S2/c1-6-4-8(18-7(6)2)5-12-19(16,17)10-9(11)13-14-15(10)3/h4,12H,5H2,1-3H3. The number of halogens is 1. The molecule has 0 spiro atoms. The van der Waals surface area contributed by atoms with Crippen LogP contribution >= 0.6 is 27.3 Å². The summed E-state index contributed by atoms with van der Waals surface area (Å²) in [5.41, 5.74) is 1.17. The molecule has 2 aromatic rings. The van der Waals surface area contributed by atoms with Crippen molar-refractivity contribution in [2.75, 3.05) is 0 Å². The first-order valence-corrected chi connectivity index (χ1v) is 8.51. The van der Waals surface area contributed by atoms with Gasteiger partial charge in [0.15, 0.2) is 4.60 Å². The quantitative estimate of drug-likeness (QED) is 0.895. The lowest BCUT2D eigenvalue weighted by atomic mass is 10.3. The molecule has 6 nitrogen and oxygen atoms in total. The maximum atomic E-state index is 12.2. The van der Waals surface area contributed by atoms with Gasteiger partial charge < -0.3 is 0 Å². The normalized spacial score (nSPS) is 12.0. The number of hydrogen-bond acceptors (Lipinski definition) is 5. The van der Waals surface area contributed by atoms with E-state index < -0.39 is 10.0 Å². The number of nitrogens with one attached hydrogen (secondary N) is 1. The molecule has 1 N–H and O–H groups in total. The van der Waals surface area contributed by atoms with Crippen molar-refractivity contribution >= 4 is 37.3 Å². The van der Waals surface area contributed by atoms with Crippen LogP contribution in [0.5, 0.6) is 0 Å². The minimum Gasteiger partial charge on any atom is -0.235 e. The lowest BCUT2D eigenvalue weighted by molar-refractivity contribution is 0.560. The Balaban J connectivity index is 2.19. The van der Waals surface area contributed by atoms with E-state index in [0.29, 0.717) is 0 Å². The minimum absolute atomic E-state index is 0.0255. The van der Waals surface area contributed by atoms with Gasteiger partial charge in [-0.1, -0.05) is 5.21 Å². The maximum absolute atomic E-state index is 12.2. The third kappa shape index (κ3) is 3.04. The topological polar surface area (TPSA) is 76.9 Å². The summed E-state index contributed by atoms with van der Waals surface area (Å²) in [6, 6.07) is 1.99. The zero-order chi connectivity index (χ0) is 14.2. The molecule has 19 heavy (non-hydrogen) atoms. The van der Waals surface area contributed by atoms with Gasteiger partial charge in [0.25, 0.3) is 10.0 Å². The van der Waals surface area contributed by atoms with Gasteiger partial charge in [0.1, 0.15) is 0 Å². The van der Waals surface area contributed by atoms with Gasteiger partial charge in [0.2, 0.25) is 5.03 Å². The number of thiophene rings is 1. The Kier molecular flexibility index (Phi) is 4.09. The lowest BCUT2D eigenvalue weighted by Gasteiger charge is -2.05. The van der Waals surface area contributed by atoms with Crippen LogP contribution in [0.4, 0.5) is 0 Å². The average Bonchev–Trinajstić information content (AvgIpc) is 2.81. The van der Waals surface area contributed by atoms with Crippen LogP contribution in [0.1, 0.15) is 15.3 Å². The minimum atomic E-state index is -3.63. The fourth-order valence-electron chi connectivity index (χ4n) is 1.58. The van der Waals surface area contributed by atoms with Crippen LogP contribution in [-0.2, 0) is 23.6 Å². The van der Waals surface area contributed by atoms with Gasteiger partial charge in [-0.15, -0.1) is 16.4 Å². The van der Waals surface area contributed by atoms with Crippen LogP contribution in [0.15, 0.2) is 15.7 Å². The predicted molar refractivity (Wildman–Crippen MR) is 76.5 cm³/mol. The smallest absolute Gasteiger partial charge is 0.235 e. The molecule has 2 rings (SSSR count). The SMILES string of the molecule is Cc1cc(CNS(=O)(=O)c2c(Br)nnn2C)sc1C. The molecule has 0 atom stereocenters. The maximum Gasteiger partial charge on any atom is 0.260 e. The number of sulfonamides is 1. The molecule has 2 aromatic heterocycles. The van der Waals surface area contributed by atoms with Crippen molar-refractivity contribution in [3.05, 3.63) is 26.0 Å². The van der Waals surface area contributed by atoms with Crippen molar-refractivity contribution in [2.24, 2.45) is 7.05 Å². The summed E-state index contributed by atoms with van der Waals surface area (Å²) in [4.78, 5) is 2.17. The molecule has 0 aliphatic carbocycles. The molecule has 0 aliphatic rings. The van der Waals surface area contributed by atoms with Crippen LogP contribution in [0.3, 0.4) is 0 Å². The largest absolute Gasteiger partial charge is 0.260 e. The number of rotatable bonds is 4. The first kappa shape index (κ1) is 14.6. The summed E-state index contributed by atoms with van der Waals surface area (Å²) >= 11 is 4.67. The molecule has 0 saturated heterocycles. The molecule has 104 valence electrons. The third-order valence-electron chi connectivity index (χ3n) is 2.65. The fourth-order valence-corrected chi connectivity index (χ4v) is 4.76. The highest BCUT2D eigenvalue weighted by molar-refractivity contribution is 9.10. The molecule has 0 aliphatic heterocycles. The molecule has 0 saturated carbocycles. The molecule has 0 fully saturated rings. The van der Waals surface area contributed by atoms with Gasteiger partial charge in [-0.05, 0) is 41.4 Å². The van der Waals surface area contributed by atoms with Crippen LogP contribution < -0.4 is 4.72 Å². The van der Waals surface area contributed by atoms with Crippen molar-refractivity contribution in [3.8, 4) is 0 Å². The molecular formula is C10H13BrN4O2S2. The average molecular weight is 365 g/mol. The highest BCUT2D eigenvalue weighted by atomic mass is 79.9. The van der Waals surface area contributed by atoms with E-state index in [1.54, 1.807) is 11.3 Å². The summed E-state index contributed by atoms with van der Waals surface area (Å²) < 4.78 is 28.3. The number of hydrogen-bond donors (Lipinski definition) is 1. The van der Waals surface area contributed by atoms with E-state index in [-0.39, 0.29) is 16.2 Å². The van der Waals surface area contributed by atoms with Gasteiger partial charge in [-0.3, -0.25) is 0 Å². The van der Waals surface area contributed by atoms with Gasteiger partial charge >= 0.3 is 0 Å². The van der Waals surface area contributed by atoms with Crippen molar-refractivity contribution in [1.29, 1.82) is 0 Å². The molecule has 0 unspecified atom stereocenters. The monoisotopic (exact) mass is 364 g/mol. The molecule has 0 aromatic carbocycles. The van der Waals surface area contributed by atoms with E-state index >= 15 is 0 Å². The van der Waals surface area contributed by atoms with Crippen LogP contribution in [0.25, 0.3) is 0 Å². The lowest BCUT2D eigenvalue weighted by Crippen LogP contribution is -2.25. The second-order valence-corrected chi connectivity index (χ2v) is 7.86. The predicted octanol–water partition coefficient (Wildman–Crippen LogP) is 1.73.